The third kappa shape index (κ3) is 3.65. The van der Waals surface area contributed by atoms with Gasteiger partial charge in [-0.1, -0.05) is 13.3 Å². The summed E-state index contributed by atoms with van der Waals surface area (Å²) in [7, 11) is 0. The van der Waals surface area contributed by atoms with E-state index in [2.05, 4.69) is 10.4 Å². The number of rotatable bonds is 4. The van der Waals surface area contributed by atoms with Gasteiger partial charge in [0.1, 0.15) is 6.04 Å². The van der Waals surface area contributed by atoms with Crippen LogP contribution in [-0.4, -0.2) is 23.1 Å². The van der Waals surface area contributed by atoms with E-state index in [4.69, 9.17) is 16.7 Å². The number of hydrogen-bond acceptors (Lipinski definition) is 3. The summed E-state index contributed by atoms with van der Waals surface area (Å²) in [4.78, 5) is 10.5. The van der Waals surface area contributed by atoms with Crippen molar-refractivity contribution in [3.63, 3.8) is 0 Å². The van der Waals surface area contributed by atoms with Crippen molar-refractivity contribution in [1.82, 2.24) is 5.32 Å². The number of hydrazone groups is 1. The van der Waals surface area contributed by atoms with Crippen molar-refractivity contribution < 1.29 is 9.90 Å². The summed E-state index contributed by atoms with van der Waals surface area (Å²) in [6, 6.07) is -0.706. The van der Waals surface area contributed by atoms with Crippen molar-refractivity contribution in [3.8, 4) is 0 Å². The molecule has 0 aliphatic carbocycles. The predicted molar refractivity (Wildman–Crippen MR) is 45.3 cm³/mol. The van der Waals surface area contributed by atoms with Gasteiger partial charge in [0.2, 0.25) is 5.96 Å². The number of aliphatic carboxylic acids is 1. The first-order valence-corrected chi connectivity index (χ1v) is 3.64. The van der Waals surface area contributed by atoms with Crippen LogP contribution >= 0.6 is 0 Å². The van der Waals surface area contributed by atoms with E-state index in [1.165, 1.54) is 0 Å². The molecular weight excluding hydrogens is 160 g/mol. The average Bonchev–Trinajstić information content (AvgIpc) is 2.03. The molecule has 1 atom stereocenters. The Kier molecular flexibility index (Phi) is 4.59. The van der Waals surface area contributed by atoms with Crippen molar-refractivity contribution in [2.75, 3.05) is 0 Å². The van der Waals surface area contributed by atoms with Gasteiger partial charge in [0.05, 0.1) is 0 Å². The Morgan fingerprint density at radius 3 is 2.67 bits per heavy atom. The highest BCUT2D eigenvalue weighted by Gasteiger charge is 2.15. The van der Waals surface area contributed by atoms with Gasteiger partial charge >= 0.3 is 5.97 Å². The number of nitrogens with one attached hydrogen (secondary N) is 1. The Hall–Kier alpha value is -1.46. The van der Waals surface area contributed by atoms with Crippen molar-refractivity contribution in [2.45, 2.75) is 25.8 Å². The van der Waals surface area contributed by atoms with E-state index in [9.17, 15) is 4.79 Å². The van der Waals surface area contributed by atoms with Crippen LogP contribution in [0.3, 0.4) is 0 Å². The van der Waals surface area contributed by atoms with Crippen LogP contribution in [0.25, 0.3) is 0 Å². The van der Waals surface area contributed by atoms with Gasteiger partial charge in [-0.15, -0.1) is 5.10 Å². The molecule has 6 nitrogen and oxygen atoms in total. The quantitative estimate of drug-likeness (QED) is 0.189. The molecule has 0 heterocycles. The van der Waals surface area contributed by atoms with Crippen LogP contribution in [0.5, 0.6) is 0 Å². The molecule has 0 spiro atoms. The largest absolute Gasteiger partial charge is 0.480 e. The maximum absolute atomic E-state index is 10.5. The van der Waals surface area contributed by atoms with Crippen molar-refractivity contribution in [2.24, 2.45) is 16.7 Å². The number of carboxylic acid groups (broad SMARTS) is 1. The Balaban J connectivity index is 4.04. The molecule has 0 rings (SSSR count). The van der Waals surface area contributed by atoms with E-state index < -0.39 is 12.0 Å². The molecule has 0 aromatic carbocycles. The highest BCUT2D eigenvalue weighted by atomic mass is 16.4. The second-order valence-corrected chi connectivity index (χ2v) is 2.34. The lowest BCUT2D eigenvalue weighted by molar-refractivity contribution is -0.139. The van der Waals surface area contributed by atoms with Gasteiger partial charge in [-0.2, -0.15) is 0 Å². The molecule has 0 bridgehead atoms. The number of nitrogens with zero attached hydrogens (tertiary/aromatic N) is 1. The molecule has 0 aromatic heterocycles. The van der Waals surface area contributed by atoms with Crippen LogP contribution in [0, 0.1) is 0 Å². The number of nitrogens with two attached hydrogens (primary N) is 2. The second-order valence-electron chi connectivity index (χ2n) is 2.34. The second kappa shape index (κ2) is 5.22. The first-order chi connectivity index (χ1) is 5.61. The smallest absolute Gasteiger partial charge is 0.326 e. The van der Waals surface area contributed by atoms with Crippen LogP contribution in [0.4, 0.5) is 0 Å². The first-order valence-electron chi connectivity index (χ1n) is 3.64. The molecule has 0 saturated heterocycles. The van der Waals surface area contributed by atoms with Crippen molar-refractivity contribution >= 4 is 11.9 Å². The Morgan fingerprint density at radius 1 is 1.75 bits per heavy atom. The molecule has 6 N–H and O–H groups in total. The van der Waals surface area contributed by atoms with Gasteiger partial charge in [0.25, 0.3) is 0 Å². The maximum Gasteiger partial charge on any atom is 0.326 e. The lowest BCUT2D eigenvalue weighted by atomic mass is 10.2. The molecule has 0 aliphatic heterocycles. The molecular formula is C6H14N4O2. The molecule has 0 fully saturated rings. The summed E-state index contributed by atoms with van der Waals surface area (Å²) in [6.07, 6.45) is 1.24. The number of carbonyl (C=O) groups is 1. The van der Waals surface area contributed by atoms with Gasteiger partial charge in [-0.05, 0) is 6.42 Å². The zero-order valence-corrected chi connectivity index (χ0v) is 6.95. The van der Waals surface area contributed by atoms with E-state index in [1.54, 1.807) is 0 Å². The summed E-state index contributed by atoms with van der Waals surface area (Å²) in [6.45, 7) is 1.88. The highest BCUT2D eigenvalue weighted by Crippen LogP contribution is 1.95. The summed E-state index contributed by atoms with van der Waals surface area (Å²) in [5, 5.41) is 14.2. The topological polar surface area (TPSA) is 114 Å². The Labute approximate surface area is 70.6 Å². The molecule has 12 heavy (non-hydrogen) atoms. The molecule has 0 unspecified atom stereocenters. The van der Waals surface area contributed by atoms with Crippen LogP contribution in [0.1, 0.15) is 19.8 Å². The van der Waals surface area contributed by atoms with Gasteiger partial charge < -0.3 is 22.0 Å². The van der Waals surface area contributed by atoms with E-state index in [0.29, 0.717) is 6.42 Å². The van der Waals surface area contributed by atoms with Crippen LogP contribution in [0.15, 0.2) is 5.10 Å². The summed E-state index contributed by atoms with van der Waals surface area (Å²) in [5.74, 6) is 3.81. The molecule has 0 aliphatic rings. The van der Waals surface area contributed by atoms with Crippen molar-refractivity contribution in [1.29, 1.82) is 0 Å². The van der Waals surface area contributed by atoms with Gasteiger partial charge in [0, 0.05) is 0 Å². The van der Waals surface area contributed by atoms with E-state index in [0.717, 1.165) is 6.42 Å². The minimum atomic E-state index is -0.955. The minimum absolute atomic E-state index is 0.0594. The van der Waals surface area contributed by atoms with Crippen LogP contribution in [-0.2, 0) is 4.79 Å². The Morgan fingerprint density at radius 2 is 2.33 bits per heavy atom. The van der Waals surface area contributed by atoms with E-state index >= 15 is 0 Å². The first kappa shape index (κ1) is 10.5. The SMILES string of the molecule is CCC[C@@H](NC(N)=NN)C(=O)O. The van der Waals surface area contributed by atoms with Gasteiger partial charge in [0.15, 0.2) is 0 Å². The number of guanidine groups is 1. The molecule has 70 valence electrons. The van der Waals surface area contributed by atoms with E-state index in [-0.39, 0.29) is 5.96 Å². The monoisotopic (exact) mass is 174 g/mol. The third-order valence-corrected chi connectivity index (χ3v) is 1.34. The summed E-state index contributed by atoms with van der Waals surface area (Å²) < 4.78 is 0. The molecule has 6 heteroatoms. The van der Waals surface area contributed by atoms with Crippen LogP contribution in [0.2, 0.25) is 0 Å². The zero-order chi connectivity index (χ0) is 9.56. The molecule has 0 radical (unpaired) electrons. The fourth-order valence-corrected chi connectivity index (χ4v) is 0.762. The lowest BCUT2D eigenvalue weighted by Crippen LogP contribution is -2.45. The predicted octanol–water partition coefficient (Wildman–Crippen LogP) is -0.982. The maximum atomic E-state index is 10.5. The molecule has 0 amide bonds. The number of carboxylic acids is 1. The fraction of sp³-hybridized carbons (Fsp3) is 0.667. The Bertz CT molecular complexity index is 180. The summed E-state index contributed by atoms with van der Waals surface area (Å²) in [5.41, 5.74) is 5.19. The van der Waals surface area contributed by atoms with E-state index in [1.807, 2.05) is 6.92 Å². The van der Waals surface area contributed by atoms with Crippen LogP contribution < -0.4 is 16.9 Å². The van der Waals surface area contributed by atoms with Crippen molar-refractivity contribution in [3.05, 3.63) is 0 Å². The van der Waals surface area contributed by atoms with Gasteiger partial charge in [-0.25, -0.2) is 4.79 Å². The number of hydrogen-bond donors (Lipinski definition) is 4. The summed E-state index contributed by atoms with van der Waals surface area (Å²) >= 11 is 0. The molecule has 0 saturated carbocycles. The van der Waals surface area contributed by atoms with Gasteiger partial charge in [-0.3, -0.25) is 0 Å². The zero-order valence-electron chi connectivity index (χ0n) is 6.95. The normalized spacial score (nSPS) is 13.9. The fourth-order valence-electron chi connectivity index (χ4n) is 0.762. The lowest BCUT2D eigenvalue weighted by Gasteiger charge is -2.12. The average molecular weight is 174 g/mol. The minimum Gasteiger partial charge on any atom is -0.480 e. The standard InChI is InChI=1S/C6H14N4O2/c1-2-3-4(5(11)12)9-6(7)10-8/h4H,2-3,8H2,1H3,(H,11,12)(H3,7,9,10)/t4-/m1/s1. The highest BCUT2D eigenvalue weighted by molar-refractivity contribution is 5.84. The third-order valence-electron chi connectivity index (χ3n) is 1.34. The molecule has 0 aromatic rings.